The van der Waals surface area contributed by atoms with Crippen molar-refractivity contribution < 1.29 is 5.11 Å². The van der Waals surface area contributed by atoms with Gasteiger partial charge in [-0.05, 0) is 19.9 Å². The molecule has 0 spiro atoms. The van der Waals surface area contributed by atoms with Crippen LogP contribution in [0.1, 0.15) is 17.2 Å². The van der Waals surface area contributed by atoms with E-state index < -0.39 is 0 Å². The Bertz CT molecular complexity index is 314. The van der Waals surface area contributed by atoms with E-state index in [2.05, 4.69) is 14.9 Å². The predicted molar refractivity (Wildman–Crippen MR) is 52.8 cm³/mol. The summed E-state index contributed by atoms with van der Waals surface area (Å²) in [6, 6.07) is 2.00. The van der Waals surface area contributed by atoms with Crippen molar-refractivity contribution in [3.63, 3.8) is 0 Å². The maximum atomic E-state index is 9.13. The lowest BCUT2D eigenvalue weighted by molar-refractivity contribution is -0.00358. The van der Waals surface area contributed by atoms with Crippen LogP contribution in [0.25, 0.3) is 0 Å². The van der Waals surface area contributed by atoms with Crippen LogP contribution in [-0.2, 0) is 6.54 Å². The molecule has 14 heavy (non-hydrogen) atoms. The van der Waals surface area contributed by atoms with E-state index >= 15 is 0 Å². The van der Waals surface area contributed by atoms with Crippen LogP contribution >= 0.6 is 0 Å². The number of likely N-dealkylation sites (tertiary alicyclic amines) is 1. The number of aliphatic hydroxyl groups excluding tert-OH is 1. The summed E-state index contributed by atoms with van der Waals surface area (Å²) in [5, 5.41) is 9.13. The molecule has 2 rings (SSSR count). The van der Waals surface area contributed by atoms with Gasteiger partial charge in [0.05, 0.1) is 11.8 Å². The van der Waals surface area contributed by atoms with E-state index in [0.717, 1.165) is 36.8 Å². The number of hydrogen-bond acceptors (Lipinski definition) is 4. The highest BCUT2D eigenvalue weighted by atomic mass is 16.3. The van der Waals surface area contributed by atoms with Gasteiger partial charge in [-0.15, -0.1) is 0 Å². The molecule has 1 aromatic heterocycles. The summed E-state index contributed by atoms with van der Waals surface area (Å²) in [6.07, 6.45) is -0.140. The number of aromatic nitrogens is 2. The first-order valence-electron chi connectivity index (χ1n) is 4.85. The molecule has 1 fully saturated rings. The van der Waals surface area contributed by atoms with Crippen LogP contribution in [0.2, 0.25) is 0 Å². The molecule has 1 aromatic rings. The predicted octanol–water partition coefficient (Wildman–Crippen LogP) is 0.270. The number of β-amino-alcohol motifs (C(OH)–C–C–N with tert-alkyl or cyclic N) is 1. The lowest BCUT2D eigenvalue weighted by Gasteiger charge is -2.35. The topological polar surface area (TPSA) is 49.2 Å². The van der Waals surface area contributed by atoms with E-state index in [1.165, 1.54) is 0 Å². The van der Waals surface area contributed by atoms with Crippen LogP contribution in [0.4, 0.5) is 0 Å². The molecule has 0 aliphatic carbocycles. The van der Waals surface area contributed by atoms with Crippen molar-refractivity contribution in [3.05, 3.63) is 23.3 Å². The van der Waals surface area contributed by atoms with Gasteiger partial charge in [0.15, 0.2) is 0 Å². The summed E-state index contributed by atoms with van der Waals surface area (Å²) in [5.74, 6) is 0.820. The number of aryl methyl sites for hydroxylation is 2. The maximum absolute atomic E-state index is 9.13. The third-order valence-electron chi connectivity index (χ3n) is 2.34. The Hall–Kier alpha value is -1.00. The molecule has 1 aliphatic heterocycles. The van der Waals surface area contributed by atoms with Crippen molar-refractivity contribution in [1.82, 2.24) is 14.9 Å². The average molecular weight is 193 g/mol. The van der Waals surface area contributed by atoms with Crippen LogP contribution in [-0.4, -0.2) is 39.2 Å². The van der Waals surface area contributed by atoms with Gasteiger partial charge in [0.25, 0.3) is 0 Å². The molecule has 2 heterocycles. The largest absolute Gasteiger partial charge is 0.390 e. The number of nitrogens with zero attached hydrogens (tertiary/aromatic N) is 3. The molecule has 0 aromatic carbocycles. The van der Waals surface area contributed by atoms with E-state index in [4.69, 9.17) is 5.11 Å². The van der Waals surface area contributed by atoms with Crippen LogP contribution in [0.15, 0.2) is 6.07 Å². The second-order valence-corrected chi connectivity index (χ2v) is 3.90. The van der Waals surface area contributed by atoms with Gasteiger partial charge in [0.1, 0.15) is 5.82 Å². The number of hydrogen-bond donors (Lipinski definition) is 1. The van der Waals surface area contributed by atoms with Crippen molar-refractivity contribution in [2.75, 3.05) is 13.1 Å². The highest BCUT2D eigenvalue weighted by molar-refractivity contribution is 5.10. The van der Waals surface area contributed by atoms with Gasteiger partial charge in [-0.25, -0.2) is 9.97 Å². The molecule has 0 saturated carbocycles. The Labute approximate surface area is 83.6 Å². The zero-order valence-electron chi connectivity index (χ0n) is 8.56. The van der Waals surface area contributed by atoms with Crippen LogP contribution in [0.5, 0.6) is 0 Å². The Kier molecular flexibility index (Phi) is 2.48. The van der Waals surface area contributed by atoms with Gasteiger partial charge in [-0.2, -0.15) is 0 Å². The normalized spacial score (nSPS) is 18.2. The van der Waals surface area contributed by atoms with Gasteiger partial charge >= 0.3 is 0 Å². The minimum Gasteiger partial charge on any atom is -0.390 e. The molecule has 4 heteroatoms. The molecule has 1 saturated heterocycles. The van der Waals surface area contributed by atoms with Crippen molar-refractivity contribution in [3.8, 4) is 0 Å². The Morgan fingerprint density at radius 3 is 2.71 bits per heavy atom. The van der Waals surface area contributed by atoms with E-state index in [9.17, 15) is 0 Å². The van der Waals surface area contributed by atoms with Crippen molar-refractivity contribution in [2.24, 2.45) is 0 Å². The summed E-state index contributed by atoms with van der Waals surface area (Å²) in [5.41, 5.74) is 2.05. The zero-order chi connectivity index (χ0) is 10.1. The lowest BCUT2D eigenvalue weighted by Crippen LogP contribution is -2.49. The molecule has 1 N–H and O–H groups in total. The first-order chi connectivity index (χ1) is 6.63. The monoisotopic (exact) mass is 193 g/mol. The standard InChI is InChI=1S/C10H15N3O/c1-7-3-9(12-8(2)11-7)4-13-5-10(14)6-13/h3,10,14H,4-6H2,1-2H3. The molecule has 76 valence electrons. The Balaban J connectivity index is 2.02. The van der Waals surface area contributed by atoms with E-state index in [1.807, 2.05) is 19.9 Å². The molecule has 0 atom stereocenters. The second kappa shape index (κ2) is 3.63. The SMILES string of the molecule is Cc1cc(CN2CC(O)C2)nc(C)n1. The fourth-order valence-electron chi connectivity index (χ4n) is 1.78. The van der Waals surface area contributed by atoms with Gasteiger partial charge in [0, 0.05) is 25.3 Å². The lowest BCUT2D eigenvalue weighted by atomic mass is 10.1. The third-order valence-corrected chi connectivity index (χ3v) is 2.34. The molecule has 0 amide bonds. The summed E-state index contributed by atoms with van der Waals surface area (Å²) in [7, 11) is 0. The zero-order valence-corrected chi connectivity index (χ0v) is 8.56. The van der Waals surface area contributed by atoms with E-state index in [1.54, 1.807) is 0 Å². The van der Waals surface area contributed by atoms with Gasteiger partial charge in [-0.3, -0.25) is 4.90 Å². The first-order valence-corrected chi connectivity index (χ1v) is 4.85. The molecule has 1 aliphatic rings. The van der Waals surface area contributed by atoms with E-state index in [-0.39, 0.29) is 6.10 Å². The molecular formula is C10H15N3O. The quantitative estimate of drug-likeness (QED) is 0.732. The van der Waals surface area contributed by atoms with Crippen molar-refractivity contribution in [1.29, 1.82) is 0 Å². The maximum Gasteiger partial charge on any atom is 0.125 e. The van der Waals surface area contributed by atoms with Gasteiger partial charge in [0.2, 0.25) is 0 Å². The third kappa shape index (κ3) is 2.08. The Morgan fingerprint density at radius 2 is 2.14 bits per heavy atom. The minimum absolute atomic E-state index is 0.140. The number of aliphatic hydroxyl groups is 1. The van der Waals surface area contributed by atoms with Gasteiger partial charge in [-0.1, -0.05) is 0 Å². The summed E-state index contributed by atoms with van der Waals surface area (Å²) in [6.45, 7) is 6.23. The van der Waals surface area contributed by atoms with Crippen molar-refractivity contribution in [2.45, 2.75) is 26.5 Å². The molecule has 4 nitrogen and oxygen atoms in total. The van der Waals surface area contributed by atoms with E-state index in [0.29, 0.717) is 0 Å². The highest BCUT2D eigenvalue weighted by Crippen LogP contribution is 2.12. The summed E-state index contributed by atoms with van der Waals surface area (Å²) in [4.78, 5) is 10.7. The first kappa shape index (κ1) is 9.55. The Morgan fingerprint density at radius 1 is 1.43 bits per heavy atom. The molecule has 0 unspecified atom stereocenters. The fourth-order valence-corrected chi connectivity index (χ4v) is 1.78. The molecule has 0 radical (unpaired) electrons. The van der Waals surface area contributed by atoms with Crippen LogP contribution in [0.3, 0.4) is 0 Å². The van der Waals surface area contributed by atoms with Crippen LogP contribution in [0, 0.1) is 13.8 Å². The van der Waals surface area contributed by atoms with Crippen molar-refractivity contribution >= 4 is 0 Å². The summed E-state index contributed by atoms with van der Waals surface area (Å²) >= 11 is 0. The highest BCUT2D eigenvalue weighted by Gasteiger charge is 2.24. The smallest absolute Gasteiger partial charge is 0.125 e. The second-order valence-electron chi connectivity index (χ2n) is 3.90. The molecule has 0 bridgehead atoms. The van der Waals surface area contributed by atoms with Gasteiger partial charge < -0.3 is 5.11 Å². The average Bonchev–Trinajstić information content (AvgIpc) is 1.99. The fraction of sp³-hybridized carbons (Fsp3) is 0.600. The summed E-state index contributed by atoms with van der Waals surface area (Å²) < 4.78 is 0. The van der Waals surface area contributed by atoms with Crippen LogP contribution < -0.4 is 0 Å². The minimum atomic E-state index is -0.140. The number of rotatable bonds is 2. The molecular weight excluding hydrogens is 178 g/mol.